The van der Waals surface area contributed by atoms with Gasteiger partial charge in [0.1, 0.15) is 6.29 Å². The third-order valence-electron chi connectivity index (χ3n) is 1.92. The molecule has 0 aliphatic carbocycles. The lowest BCUT2D eigenvalue weighted by Crippen LogP contribution is -2.17. The van der Waals surface area contributed by atoms with E-state index in [0.29, 0.717) is 18.4 Å². The molecule has 0 amide bonds. The number of halogens is 1. The highest BCUT2D eigenvalue weighted by atomic mass is 35.5. The molecule has 0 aromatic carbocycles. The Balaban J connectivity index is 2.36. The van der Waals surface area contributed by atoms with Crippen LogP contribution in [0.15, 0.2) is 0 Å². The summed E-state index contributed by atoms with van der Waals surface area (Å²) in [7, 11) is 0. The molecule has 58 valence electrons. The van der Waals surface area contributed by atoms with Gasteiger partial charge < -0.3 is 9.53 Å². The molecule has 3 heteroatoms. The first-order valence-corrected chi connectivity index (χ1v) is 4.01. The summed E-state index contributed by atoms with van der Waals surface area (Å²) in [5.41, 5.74) is 0. The van der Waals surface area contributed by atoms with Gasteiger partial charge >= 0.3 is 0 Å². The second-order valence-corrected chi connectivity index (χ2v) is 2.89. The van der Waals surface area contributed by atoms with Crippen molar-refractivity contribution >= 4 is 17.9 Å². The predicted molar refractivity (Wildman–Crippen MR) is 39.2 cm³/mol. The van der Waals surface area contributed by atoms with E-state index in [0.717, 1.165) is 19.3 Å². The van der Waals surface area contributed by atoms with Crippen molar-refractivity contribution in [3.63, 3.8) is 0 Å². The number of carbonyl (C=O) groups excluding carboxylic acids is 1. The first kappa shape index (κ1) is 8.02. The van der Waals surface area contributed by atoms with Crippen molar-refractivity contribution in [1.29, 1.82) is 0 Å². The fourth-order valence-electron chi connectivity index (χ4n) is 1.16. The normalized spacial score (nSPS) is 28.3. The van der Waals surface area contributed by atoms with E-state index in [4.69, 9.17) is 16.3 Å². The van der Waals surface area contributed by atoms with Crippen molar-refractivity contribution in [2.24, 2.45) is 11.8 Å². The number of ether oxygens (including phenoxy) is 1. The molecule has 0 radical (unpaired) electrons. The van der Waals surface area contributed by atoms with E-state index in [1.165, 1.54) is 0 Å². The fraction of sp³-hybridized carbons (Fsp3) is 0.857. The molecule has 1 heterocycles. The predicted octanol–water partition coefficient (Wildman–Crippen LogP) is 1.08. The smallest absolute Gasteiger partial charge is 0.124 e. The van der Waals surface area contributed by atoms with Gasteiger partial charge in [0.15, 0.2) is 0 Å². The van der Waals surface area contributed by atoms with Gasteiger partial charge in [-0.15, -0.1) is 11.6 Å². The second-order valence-electron chi connectivity index (χ2n) is 2.58. The molecule has 0 aromatic heterocycles. The molecular formula is C7H11ClO2. The number of aldehydes is 1. The van der Waals surface area contributed by atoms with Gasteiger partial charge in [-0.1, -0.05) is 0 Å². The van der Waals surface area contributed by atoms with Gasteiger partial charge in [0, 0.05) is 18.4 Å². The molecule has 2 nitrogen and oxygen atoms in total. The topological polar surface area (TPSA) is 26.3 Å². The Kier molecular flexibility index (Phi) is 3.16. The standard InChI is InChI=1S/C7H11ClO2/c8-3-7(4-9)6-1-2-10-5-6/h4,6-7H,1-3,5H2/t6-,7?/m0/s1. The summed E-state index contributed by atoms with van der Waals surface area (Å²) in [5, 5.41) is 0. The minimum absolute atomic E-state index is 0.00386. The van der Waals surface area contributed by atoms with E-state index in [2.05, 4.69) is 0 Å². The maximum Gasteiger partial charge on any atom is 0.124 e. The molecule has 10 heavy (non-hydrogen) atoms. The molecule has 0 saturated carbocycles. The van der Waals surface area contributed by atoms with Crippen LogP contribution in [0.25, 0.3) is 0 Å². The van der Waals surface area contributed by atoms with Crippen molar-refractivity contribution in [3.05, 3.63) is 0 Å². The third kappa shape index (κ3) is 1.70. The first-order chi connectivity index (χ1) is 4.88. The minimum atomic E-state index is 0.00386. The van der Waals surface area contributed by atoms with Crippen LogP contribution in [0.2, 0.25) is 0 Å². The molecule has 1 aliphatic heterocycles. The van der Waals surface area contributed by atoms with Crippen LogP contribution in [0, 0.1) is 11.8 Å². The quantitative estimate of drug-likeness (QED) is 0.459. The number of hydrogen-bond acceptors (Lipinski definition) is 2. The van der Waals surface area contributed by atoms with Crippen LogP contribution in [-0.4, -0.2) is 25.4 Å². The summed E-state index contributed by atoms with van der Waals surface area (Å²) in [6, 6.07) is 0. The van der Waals surface area contributed by atoms with Crippen LogP contribution in [-0.2, 0) is 9.53 Å². The molecule has 0 bridgehead atoms. The maximum atomic E-state index is 10.4. The number of rotatable bonds is 3. The maximum absolute atomic E-state index is 10.4. The molecule has 1 aliphatic rings. The lowest BCUT2D eigenvalue weighted by molar-refractivity contribution is -0.111. The highest BCUT2D eigenvalue weighted by Gasteiger charge is 2.24. The molecule has 2 atom stereocenters. The number of carbonyl (C=O) groups is 1. The van der Waals surface area contributed by atoms with Gasteiger partial charge in [-0.3, -0.25) is 0 Å². The Morgan fingerprint density at radius 3 is 3.00 bits per heavy atom. The SMILES string of the molecule is O=CC(CCl)[C@H]1CCOC1. The Hall–Kier alpha value is -0.0800. The lowest BCUT2D eigenvalue weighted by atomic mass is 9.95. The Bertz CT molecular complexity index is 110. The van der Waals surface area contributed by atoms with Crippen LogP contribution < -0.4 is 0 Å². The van der Waals surface area contributed by atoms with Crippen molar-refractivity contribution in [1.82, 2.24) is 0 Å². The molecular weight excluding hydrogens is 152 g/mol. The van der Waals surface area contributed by atoms with Crippen molar-refractivity contribution in [2.45, 2.75) is 6.42 Å². The summed E-state index contributed by atoms with van der Waals surface area (Å²) >= 11 is 5.56. The van der Waals surface area contributed by atoms with E-state index in [1.54, 1.807) is 0 Å². The van der Waals surface area contributed by atoms with Crippen molar-refractivity contribution < 1.29 is 9.53 Å². The van der Waals surface area contributed by atoms with E-state index in [1.807, 2.05) is 0 Å². The second kappa shape index (κ2) is 3.94. The summed E-state index contributed by atoms with van der Waals surface area (Å²) in [5.74, 6) is 0.802. The fourth-order valence-corrected chi connectivity index (χ4v) is 1.49. The summed E-state index contributed by atoms with van der Waals surface area (Å²) < 4.78 is 5.12. The summed E-state index contributed by atoms with van der Waals surface area (Å²) in [6.07, 6.45) is 1.92. The van der Waals surface area contributed by atoms with Crippen molar-refractivity contribution in [2.75, 3.05) is 19.1 Å². The highest BCUT2D eigenvalue weighted by molar-refractivity contribution is 6.18. The molecule has 0 spiro atoms. The van der Waals surface area contributed by atoms with Crippen LogP contribution in [0.4, 0.5) is 0 Å². The van der Waals surface area contributed by atoms with E-state index in [-0.39, 0.29) is 5.92 Å². The molecule has 1 unspecified atom stereocenters. The summed E-state index contributed by atoms with van der Waals surface area (Å²) in [4.78, 5) is 10.4. The van der Waals surface area contributed by atoms with Crippen LogP contribution in [0.1, 0.15) is 6.42 Å². The van der Waals surface area contributed by atoms with Gasteiger partial charge in [0.25, 0.3) is 0 Å². The average molecular weight is 163 g/mol. The lowest BCUT2D eigenvalue weighted by Gasteiger charge is -2.11. The zero-order valence-corrected chi connectivity index (χ0v) is 6.51. The Morgan fingerprint density at radius 1 is 1.80 bits per heavy atom. The van der Waals surface area contributed by atoms with Crippen LogP contribution >= 0.6 is 11.6 Å². The zero-order chi connectivity index (χ0) is 7.40. The molecule has 1 saturated heterocycles. The van der Waals surface area contributed by atoms with Crippen LogP contribution in [0.5, 0.6) is 0 Å². The van der Waals surface area contributed by atoms with Crippen molar-refractivity contribution in [3.8, 4) is 0 Å². The van der Waals surface area contributed by atoms with E-state index in [9.17, 15) is 4.79 Å². The number of alkyl halides is 1. The van der Waals surface area contributed by atoms with Crippen LogP contribution in [0.3, 0.4) is 0 Å². The molecule has 0 N–H and O–H groups in total. The van der Waals surface area contributed by atoms with Gasteiger partial charge in [0.05, 0.1) is 6.61 Å². The molecule has 0 aromatic rings. The third-order valence-corrected chi connectivity index (χ3v) is 2.28. The largest absolute Gasteiger partial charge is 0.381 e. The van der Waals surface area contributed by atoms with Gasteiger partial charge in [-0.05, 0) is 12.3 Å². The van der Waals surface area contributed by atoms with Gasteiger partial charge in [-0.2, -0.15) is 0 Å². The monoisotopic (exact) mass is 162 g/mol. The summed E-state index contributed by atoms with van der Waals surface area (Å²) in [6.45, 7) is 1.49. The van der Waals surface area contributed by atoms with Gasteiger partial charge in [-0.25, -0.2) is 0 Å². The first-order valence-electron chi connectivity index (χ1n) is 3.47. The molecule has 1 fully saturated rings. The average Bonchev–Trinajstić information content (AvgIpc) is 2.43. The molecule has 1 rings (SSSR count). The zero-order valence-electron chi connectivity index (χ0n) is 5.75. The minimum Gasteiger partial charge on any atom is -0.381 e. The number of hydrogen-bond donors (Lipinski definition) is 0. The van der Waals surface area contributed by atoms with Gasteiger partial charge in [0.2, 0.25) is 0 Å². The Morgan fingerprint density at radius 2 is 2.60 bits per heavy atom. The highest BCUT2D eigenvalue weighted by Crippen LogP contribution is 2.21. The Labute approximate surface area is 65.5 Å². The van der Waals surface area contributed by atoms with E-state index >= 15 is 0 Å². The van der Waals surface area contributed by atoms with E-state index < -0.39 is 0 Å².